The number of hydrogen-bond donors (Lipinski definition) is 2. The third-order valence-corrected chi connectivity index (χ3v) is 4.19. The summed E-state index contributed by atoms with van der Waals surface area (Å²) in [5.74, 6) is 1.82. The van der Waals surface area contributed by atoms with Gasteiger partial charge in [0.2, 0.25) is 0 Å². The minimum absolute atomic E-state index is 0.480. The molecule has 0 aromatic carbocycles. The lowest BCUT2D eigenvalue weighted by Crippen LogP contribution is -2.37. The van der Waals surface area contributed by atoms with Gasteiger partial charge in [0.1, 0.15) is 5.01 Å². The van der Waals surface area contributed by atoms with Crippen molar-refractivity contribution in [3.8, 4) is 0 Å². The minimum atomic E-state index is 0.480. The lowest BCUT2D eigenvalue weighted by molar-refractivity contribution is 0.315. The van der Waals surface area contributed by atoms with Gasteiger partial charge in [0.25, 0.3) is 0 Å². The summed E-state index contributed by atoms with van der Waals surface area (Å²) in [6.07, 6.45) is 4.01. The maximum Gasteiger partial charge on any atom is 0.189 e. The molecule has 1 aliphatic carbocycles. The highest BCUT2D eigenvalue weighted by molar-refractivity contribution is 7.09. The Morgan fingerprint density at radius 3 is 2.94 bits per heavy atom. The van der Waals surface area contributed by atoms with E-state index in [9.17, 15) is 0 Å². The number of nitrogens with two attached hydrogens (primary N) is 1. The number of aliphatic imine (C=N–C) groups is 1. The summed E-state index contributed by atoms with van der Waals surface area (Å²) in [5.41, 5.74) is 6.98. The van der Waals surface area contributed by atoms with E-state index in [-0.39, 0.29) is 0 Å². The van der Waals surface area contributed by atoms with Crippen LogP contribution in [0.25, 0.3) is 0 Å². The van der Waals surface area contributed by atoms with Crippen LogP contribution in [0.15, 0.2) is 10.4 Å². The Morgan fingerprint density at radius 1 is 1.61 bits per heavy atom. The molecule has 1 heterocycles. The third kappa shape index (κ3) is 3.70. The third-order valence-electron chi connectivity index (χ3n) is 3.34. The van der Waals surface area contributed by atoms with Crippen molar-refractivity contribution in [2.24, 2.45) is 16.6 Å². The molecule has 1 aromatic rings. The van der Waals surface area contributed by atoms with Crippen LogP contribution >= 0.6 is 11.3 Å². The van der Waals surface area contributed by atoms with Crippen molar-refractivity contribution in [1.29, 1.82) is 0 Å². The number of guanidine groups is 1. The molecular formula is C13H22N4S. The fraction of sp³-hybridized carbons (Fsp3) is 0.692. The topological polar surface area (TPSA) is 63.3 Å². The van der Waals surface area contributed by atoms with Crippen LogP contribution in [0, 0.1) is 5.92 Å². The Labute approximate surface area is 113 Å². The molecule has 3 N–H and O–H groups in total. The summed E-state index contributed by atoms with van der Waals surface area (Å²) in [6.45, 7) is 5.85. The van der Waals surface area contributed by atoms with Gasteiger partial charge < -0.3 is 11.1 Å². The van der Waals surface area contributed by atoms with Crippen molar-refractivity contribution in [1.82, 2.24) is 10.3 Å². The first-order valence-electron chi connectivity index (χ1n) is 6.63. The molecule has 18 heavy (non-hydrogen) atoms. The molecule has 1 fully saturated rings. The molecule has 4 nitrogen and oxygen atoms in total. The Morgan fingerprint density at radius 2 is 2.39 bits per heavy atom. The summed E-state index contributed by atoms with van der Waals surface area (Å²) < 4.78 is 0. The van der Waals surface area contributed by atoms with Gasteiger partial charge in [0, 0.05) is 11.9 Å². The summed E-state index contributed by atoms with van der Waals surface area (Å²) in [4.78, 5) is 8.86. The number of hydrogen-bond acceptors (Lipinski definition) is 3. The zero-order chi connectivity index (χ0) is 13.0. The van der Waals surface area contributed by atoms with Gasteiger partial charge in [-0.15, -0.1) is 11.3 Å². The molecule has 0 amide bonds. The fourth-order valence-corrected chi connectivity index (χ4v) is 2.70. The van der Waals surface area contributed by atoms with Crippen LogP contribution in [0.2, 0.25) is 0 Å². The molecule has 1 aliphatic rings. The van der Waals surface area contributed by atoms with Crippen LogP contribution in [0.4, 0.5) is 0 Å². The van der Waals surface area contributed by atoms with Gasteiger partial charge in [-0.1, -0.05) is 20.3 Å². The predicted octanol–water partition coefficient (Wildman–Crippen LogP) is 2.47. The Hall–Kier alpha value is -1.10. The summed E-state index contributed by atoms with van der Waals surface area (Å²) >= 11 is 1.66. The first kappa shape index (κ1) is 13.3. The second-order valence-electron chi connectivity index (χ2n) is 5.20. The first-order chi connectivity index (χ1) is 8.65. The Kier molecular flexibility index (Phi) is 4.58. The average Bonchev–Trinajstić information content (AvgIpc) is 2.73. The SMILES string of the molecule is CC(C)c1csc(CN=C(N)NCC2CCC2)n1. The molecule has 0 saturated heterocycles. The lowest BCUT2D eigenvalue weighted by Gasteiger charge is -2.25. The zero-order valence-corrected chi connectivity index (χ0v) is 12.0. The molecule has 5 heteroatoms. The molecule has 0 aliphatic heterocycles. The van der Waals surface area contributed by atoms with Gasteiger partial charge in [-0.25, -0.2) is 9.98 Å². The average molecular weight is 266 g/mol. The number of nitrogens with one attached hydrogen (secondary N) is 1. The van der Waals surface area contributed by atoms with Crippen molar-refractivity contribution >= 4 is 17.3 Å². The van der Waals surface area contributed by atoms with E-state index < -0.39 is 0 Å². The standard InChI is InChI=1S/C13H22N4S/c1-9(2)11-8-18-12(17-11)7-16-13(14)15-6-10-4-3-5-10/h8-10H,3-7H2,1-2H3,(H3,14,15,16). The number of rotatable bonds is 5. The smallest absolute Gasteiger partial charge is 0.189 e. The van der Waals surface area contributed by atoms with Gasteiger partial charge in [-0.2, -0.15) is 0 Å². The number of thiazole rings is 1. The van der Waals surface area contributed by atoms with Crippen LogP contribution in [-0.4, -0.2) is 17.5 Å². The highest BCUT2D eigenvalue weighted by Gasteiger charge is 2.16. The Bertz CT molecular complexity index is 407. The number of nitrogens with zero attached hydrogens (tertiary/aromatic N) is 2. The van der Waals surface area contributed by atoms with Crippen LogP contribution in [0.3, 0.4) is 0 Å². The van der Waals surface area contributed by atoms with E-state index in [1.54, 1.807) is 11.3 Å². The monoisotopic (exact) mass is 266 g/mol. The van der Waals surface area contributed by atoms with E-state index in [1.165, 1.54) is 19.3 Å². The quantitative estimate of drug-likeness (QED) is 0.635. The largest absolute Gasteiger partial charge is 0.370 e. The summed E-state index contributed by atoms with van der Waals surface area (Å²) in [5, 5.41) is 6.33. The molecule has 1 aromatic heterocycles. The van der Waals surface area contributed by atoms with E-state index in [2.05, 4.69) is 34.5 Å². The van der Waals surface area contributed by atoms with Gasteiger partial charge >= 0.3 is 0 Å². The molecule has 0 bridgehead atoms. The van der Waals surface area contributed by atoms with Crippen molar-refractivity contribution in [3.63, 3.8) is 0 Å². The maximum absolute atomic E-state index is 5.83. The van der Waals surface area contributed by atoms with E-state index in [4.69, 9.17) is 5.73 Å². The van der Waals surface area contributed by atoms with Crippen molar-refractivity contribution < 1.29 is 0 Å². The normalized spacial score (nSPS) is 16.9. The molecule has 0 radical (unpaired) electrons. The minimum Gasteiger partial charge on any atom is -0.370 e. The highest BCUT2D eigenvalue weighted by Crippen LogP contribution is 2.25. The van der Waals surface area contributed by atoms with Gasteiger partial charge in [0.05, 0.1) is 12.2 Å². The second-order valence-corrected chi connectivity index (χ2v) is 6.14. The van der Waals surface area contributed by atoms with Crippen LogP contribution in [-0.2, 0) is 6.54 Å². The predicted molar refractivity (Wildman–Crippen MR) is 76.9 cm³/mol. The van der Waals surface area contributed by atoms with Gasteiger partial charge in [-0.05, 0) is 24.7 Å². The van der Waals surface area contributed by atoms with Gasteiger partial charge in [0.15, 0.2) is 5.96 Å². The molecular weight excluding hydrogens is 244 g/mol. The molecule has 0 unspecified atom stereocenters. The maximum atomic E-state index is 5.83. The van der Waals surface area contributed by atoms with Crippen LogP contribution in [0.5, 0.6) is 0 Å². The lowest BCUT2D eigenvalue weighted by atomic mass is 9.85. The molecule has 1 saturated carbocycles. The van der Waals surface area contributed by atoms with Crippen LogP contribution in [0.1, 0.15) is 49.7 Å². The Balaban J connectivity index is 1.76. The van der Waals surface area contributed by atoms with Gasteiger partial charge in [-0.3, -0.25) is 0 Å². The fourth-order valence-electron chi connectivity index (χ4n) is 1.82. The summed E-state index contributed by atoms with van der Waals surface area (Å²) in [6, 6.07) is 0. The van der Waals surface area contributed by atoms with Crippen molar-refractivity contribution in [3.05, 3.63) is 16.1 Å². The van der Waals surface area contributed by atoms with Crippen molar-refractivity contribution in [2.45, 2.75) is 45.6 Å². The number of aromatic nitrogens is 1. The zero-order valence-electron chi connectivity index (χ0n) is 11.1. The molecule has 2 rings (SSSR count). The van der Waals surface area contributed by atoms with E-state index in [0.717, 1.165) is 23.2 Å². The molecule has 0 atom stereocenters. The van der Waals surface area contributed by atoms with Crippen LogP contribution < -0.4 is 11.1 Å². The first-order valence-corrected chi connectivity index (χ1v) is 7.51. The van der Waals surface area contributed by atoms with E-state index >= 15 is 0 Å². The highest BCUT2D eigenvalue weighted by atomic mass is 32.1. The summed E-state index contributed by atoms with van der Waals surface area (Å²) in [7, 11) is 0. The second kappa shape index (κ2) is 6.18. The van der Waals surface area contributed by atoms with E-state index in [0.29, 0.717) is 18.4 Å². The van der Waals surface area contributed by atoms with E-state index in [1.807, 2.05) is 0 Å². The van der Waals surface area contributed by atoms with Crippen molar-refractivity contribution in [2.75, 3.05) is 6.54 Å². The molecule has 100 valence electrons. The molecule has 0 spiro atoms.